The van der Waals surface area contributed by atoms with Crippen LogP contribution in [0.4, 0.5) is 0 Å². The first-order valence-corrected chi connectivity index (χ1v) is 4.31. The fourth-order valence-electron chi connectivity index (χ4n) is 0.985. The lowest BCUT2D eigenvalue weighted by atomic mass is 10.2. The molecular formula is C11H15NO. The molecule has 2 N–H and O–H groups in total. The van der Waals surface area contributed by atoms with Crippen molar-refractivity contribution in [2.24, 2.45) is 0 Å². The van der Waals surface area contributed by atoms with Crippen molar-refractivity contribution in [3.05, 3.63) is 48.0 Å². The molecule has 0 aromatic heterocycles. The third kappa shape index (κ3) is 3.40. The van der Waals surface area contributed by atoms with Crippen molar-refractivity contribution in [2.45, 2.75) is 19.7 Å². The lowest BCUT2D eigenvalue weighted by Crippen LogP contribution is -2.28. The standard InChI is InChI=1S/C11H15NO/c1-9(2)11(13)12-8-10-6-4-3-5-7-10/h3-7,11-13H,1,8H2,2H3. The monoisotopic (exact) mass is 177 g/mol. The summed E-state index contributed by atoms with van der Waals surface area (Å²) in [6.45, 7) is 6.11. The van der Waals surface area contributed by atoms with Crippen LogP contribution in [0.5, 0.6) is 0 Å². The predicted octanol–water partition coefficient (Wildman–Crippen LogP) is 1.67. The highest BCUT2D eigenvalue weighted by Gasteiger charge is 2.01. The minimum atomic E-state index is -0.611. The topological polar surface area (TPSA) is 32.3 Å². The summed E-state index contributed by atoms with van der Waals surface area (Å²) in [6, 6.07) is 9.95. The van der Waals surface area contributed by atoms with Crippen LogP contribution in [0.2, 0.25) is 0 Å². The van der Waals surface area contributed by atoms with Gasteiger partial charge < -0.3 is 5.11 Å². The van der Waals surface area contributed by atoms with Gasteiger partial charge >= 0.3 is 0 Å². The minimum absolute atomic E-state index is 0.611. The van der Waals surface area contributed by atoms with E-state index >= 15 is 0 Å². The third-order valence-corrected chi connectivity index (χ3v) is 1.81. The summed E-state index contributed by atoms with van der Waals surface area (Å²) in [6.07, 6.45) is -0.611. The molecule has 0 amide bonds. The second-order valence-electron chi connectivity index (χ2n) is 3.12. The molecule has 0 fully saturated rings. The molecule has 1 unspecified atom stereocenters. The van der Waals surface area contributed by atoms with Crippen molar-refractivity contribution < 1.29 is 5.11 Å². The number of nitrogens with one attached hydrogen (secondary N) is 1. The molecular weight excluding hydrogens is 162 g/mol. The Morgan fingerprint density at radius 2 is 2.08 bits per heavy atom. The van der Waals surface area contributed by atoms with E-state index in [0.717, 1.165) is 11.1 Å². The molecule has 1 aromatic rings. The average Bonchev–Trinajstić information content (AvgIpc) is 2.15. The Morgan fingerprint density at radius 3 is 2.62 bits per heavy atom. The smallest absolute Gasteiger partial charge is 0.126 e. The predicted molar refractivity (Wildman–Crippen MR) is 54.1 cm³/mol. The van der Waals surface area contributed by atoms with Gasteiger partial charge in [0.05, 0.1) is 0 Å². The molecule has 0 aliphatic heterocycles. The molecule has 2 heteroatoms. The van der Waals surface area contributed by atoms with E-state index in [9.17, 15) is 5.11 Å². The van der Waals surface area contributed by atoms with Crippen molar-refractivity contribution in [3.63, 3.8) is 0 Å². The zero-order chi connectivity index (χ0) is 9.68. The first-order valence-electron chi connectivity index (χ1n) is 4.31. The quantitative estimate of drug-likeness (QED) is 0.541. The number of aliphatic hydroxyl groups is 1. The van der Waals surface area contributed by atoms with Gasteiger partial charge in [-0.3, -0.25) is 5.32 Å². The van der Waals surface area contributed by atoms with Crippen LogP contribution in [0.3, 0.4) is 0 Å². The van der Waals surface area contributed by atoms with Crippen LogP contribution in [0.1, 0.15) is 12.5 Å². The Morgan fingerprint density at radius 1 is 1.46 bits per heavy atom. The molecule has 13 heavy (non-hydrogen) atoms. The highest BCUT2D eigenvalue weighted by Crippen LogP contribution is 1.99. The summed E-state index contributed by atoms with van der Waals surface area (Å²) in [4.78, 5) is 0. The highest BCUT2D eigenvalue weighted by molar-refractivity contribution is 5.14. The van der Waals surface area contributed by atoms with Crippen LogP contribution >= 0.6 is 0 Å². The Hall–Kier alpha value is -1.12. The first kappa shape index (κ1) is 9.96. The summed E-state index contributed by atoms with van der Waals surface area (Å²) in [5.41, 5.74) is 1.89. The number of hydrogen-bond acceptors (Lipinski definition) is 2. The van der Waals surface area contributed by atoms with Crippen molar-refractivity contribution >= 4 is 0 Å². The van der Waals surface area contributed by atoms with Gasteiger partial charge in [0.15, 0.2) is 0 Å². The second-order valence-corrected chi connectivity index (χ2v) is 3.12. The van der Waals surface area contributed by atoms with Crippen LogP contribution in [-0.2, 0) is 6.54 Å². The van der Waals surface area contributed by atoms with Gasteiger partial charge in [-0.15, -0.1) is 0 Å². The SMILES string of the molecule is C=C(C)C(O)NCc1ccccc1. The van der Waals surface area contributed by atoms with Crippen LogP contribution in [0, 0.1) is 0 Å². The summed E-state index contributed by atoms with van der Waals surface area (Å²) in [5, 5.41) is 12.3. The van der Waals surface area contributed by atoms with Gasteiger partial charge in [0.1, 0.15) is 6.23 Å². The van der Waals surface area contributed by atoms with E-state index in [1.165, 1.54) is 0 Å². The third-order valence-electron chi connectivity index (χ3n) is 1.81. The first-order chi connectivity index (χ1) is 6.20. The maximum atomic E-state index is 9.38. The summed E-state index contributed by atoms with van der Waals surface area (Å²) in [5.74, 6) is 0. The number of rotatable bonds is 4. The molecule has 70 valence electrons. The summed E-state index contributed by atoms with van der Waals surface area (Å²) < 4.78 is 0. The Bertz CT molecular complexity index is 269. The van der Waals surface area contributed by atoms with E-state index in [-0.39, 0.29) is 0 Å². The number of hydrogen-bond donors (Lipinski definition) is 2. The van der Waals surface area contributed by atoms with Crippen molar-refractivity contribution in [1.82, 2.24) is 5.32 Å². The van der Waals surface area contributed by atoms with Crippen molar-refractivity contribution in [1.29, 1.82) is 0 Å². The molecule has 0 heterocycles. The van der Waals surface area contributed by atoms with E-state index in [4.69, 9.17) is 0 Å². The molecule has 0 aliphatic rings. The zero-order valence-corrected chi connectivity index (χ0v) is 7.83. The van der Waals surface area contributed by atoms with Gasteiger partial charge in [0.25, 0.3) is 0 Å². The molecule has 0 aliphatic carbocycles. The highest BCUT2D eigenvalue weighted by atomic mass is 16.3. The molecule has 1 rings (SSSR count). The minimum Gasteiger partial charge on any atom is -0.375 e. The Kier molecular flexibility index (Phi) is 3.68. The molecule has 1 atom stereocenters. The van der Waals surface area contributed by atoms with E-state index < -0.39 is 6.23 Å². The van der Waals surface area contributed by atoms with Crippen LogP contribution in [-0.4, -0.2) is 11.3 Å². The van der Waals surface area contributed by atoms with Gasteiger partial charge in [-0.05, 0) is 18.1 Å². The van der Waals surface area contributed by atoms with Crippen LogP contribution in [0.15, 0.2) is 42.5 Å². The Balaban J connectivity index is 2.39. The van der Waals surface area contributed by atoms with E-state index in [2.05, 4.69) is 11.9 Å². The fraction of sp³-hybridized carbons (Fsp3) is 0.273. The molecule has 0 spiro atoms. The average molecular weight is 177 g/mol. The normalized spacial score (nSPS) is 12.5. The fourth-order valence-corrected chi connectivity index (χ4v) is 0.985. The number of benzene rings is 1. The van der Waals surface area contributed by atoms with Crippen LogP contribution in [0.25, 0.3) is 0 Å². The molecule has 0 bridgehead atoms. The van der Waals surface area contributed by atoms with Gasteiger partial charge in [-0.2, -0.15) is 0 Å². The lowest BCUT2D eigenvalue weighted by Gasteiger charge is -2.11. The van der Waals surface area contributed by atoms with Gasteiger partial charge in [-0.25, -0.2) is 0 Å². The maximum absolute atomic E-state index is 9.38. The maximum Gasteiger partial charge on any atom is 0.126 e. The second kappa shape index (κ2) is 4.80. The van der Waals surface area contributed by atoms with Gasteiger partial charge in [0, 0.05) is 6.54 Å². The zero-order valence-electron chi connectivity index (χ0n) is 7.83. The molecule has 0 radical (unpaired) electrons. The van der Waals surface area contributed by atoms with Crippen LogP contribution < -0.4 is 5.32 Å². The molecule has 2 nitrogen and oxygen atoms in total. The summed E-state index contributed by atoms with van der Waals surface area (Å²) in [7, 11) is 0. The molecule has 0 saturated carbocycles. The largest absolute Gasteiger partial charge is 0.375 e. The van der Waals surface area contributed by atoms with Gasteiger partial charge in [-0.1, -0.05) is 36.9 Å². The number of aliphatic hydroxyl groups excluding tert-OH is 1. The lowest BCUT2D eigenvalue weighted by molar-refractivity contribution is 0.171. The van der Waals surface area contributed by atoms with Crippen molar-refractivity contribution in [2.75, 3.05) is 0 Å². The van der Waals surface area contributed by atoms with E-state index in [0.29, 0.717) is 6.54 Å². The summed E-state index contributed by atoms with van der Waals surface area (Å²) >= 11 is 0. The Labute approximate surface area is 78.9 Å². The molecule has 0 saturated heterocycles. The van der Waals surface area contributed by atoms with E-state index in [1.54, 1.807) is 6.92 Å². The van der Waals surface area contributed by atoms with E-state index in [1.807, 2.05) is 30.3 Å². The van der Waals surface area contributed by atoms with Crippen molar-refractivity contribution in [3.8, 4) is 0 Å². The van der Waals surface area contributed by atoms with Gasteiger partial charge in [0.2, 0.25) is 0 Å². The molecule has 1 aromatic carbocycles.